The first kappa shape index (κ1) is 19.3. The molecule has 1 aliphatic rings. The van der Waals surface area contributed by atoms with Crippen LogP contribution in [0.25, 0.3) is 0 Å². The fraction of sp³-hybridized carbons (Fsp3) is 0.833. The third-order valence-corrected chi connectivity index (χ3v) is 4.84. The van der Waals surface area contributed by atoms with Crippen LogP contribution in [-0.2, 0) is 26.8 Å². The summed E-state index contributed by atoms with van der Waals surface area (Å²) >= 11 is 0. The van der Waals surface area contributed by atoms with Crippen molar-refractivity contribution in [1.29, 1.82) is 0 Å². The second kappa shape index (κ2) is 8.21. The molecule has 0 aliphatic heterocycles. The molecule has 0 radical (unpaired) electrons. The molecule has 1 saturated carbocycles. The van der Waals surface area contributed by atoms with Gasteiger partial charge < -0.3 is 15.0 Å². The van der Waals surface area contributed by atoms with Crippen LogP contribution >= 0.6 is 12.4 Å². The molecule has 1 fully saturated rings. The molecule has 128 valence electrons. The van der Waals surface area contributed by atoms with E-state index in [0.29, 0.717) is 12.4 Å². The van der Waals surface area contributed by atoms with Crippen molar-refractivity contribution in [3.8, 4) is 0 Å². The van der Waals surface area contributed by atoms with Crippen molar-refractivity contribution >= 4 is 22.4 Å². The van der Waals surface area contributed by atoms with Gasteiger partial charge in [-0.25, -0.2) is 13.1 Å². The first-order valence-corrected chi connectivity index (χ1v) is 8.77. The second-order valence-corrected chi connectivity index (χ2v) is 7.14. The van der Waals surface area contributed by atoms with Crippen LogP contribution in [0.15, 0.2) is 4.52 Å². The molecule has 2 rings (SSSR count). The highest BCUT2D eigenvalue weighted by Gasteiger charge is 2.35. The number of ether oxygens (including phenoxy) is 1. The molecule has 8 nitrogen and oxygen atoms in total. The number of hydrogen-bond acceptors (Lipinski definition) is 7. The molecule has 1 heterocycles. The van der Waals surface area contributed by atoms with Gasteiger partial charge in [-0.05, 0) is 19.8 Å². The number of halogens is 1. The van der Waals surface area contributed by atoms with Crippen LogP contribution in [0.4, 0.5) is 0 Å². The van der Waals surface area contributed by atoms with Crippen LogP contribution in [0.3, 0.4) is 0 Å². The Kier molecular flexibility index (Phi) is 7.20. The lowest BCUT2D eigenvalue weighted by Gasteiger charge is -2.17. The summed E-state index contributed by atoms with van der Waals surface area (Å²) in [6.45, 7) is 2.43. The average molecular weight is 355 g/mol. The largest absolute Gasteiger partial charge is 0.381 e. The van der Waals surface area contributed by atoms with Gasteiger partial charge in [-0.3, -0.25) is 0 Å². The molecule has 0 bridgehead atoms. The van der Waals surface area contributed by atoms with E-state index in [4.69, 9.17) is 15.0 Å². The van der Waals surface area contributed by atoms with E-state index < -0.39 is 15.6 Å². The van der Waals surface area contributed by atoms with E-state index in [0.717, 1.165) is 25.7 Å². The molecule has 1 aliphatic carbocycles. The third-order valence-electron chi connectivity index (χ3n) is 3.55. The highest BCUT2D eigenvalue weighted by Crippen LogP contribution is 2.34. The smallest absolute Gasteiger partial charge is 0.241 e. The lowest BCUT2D eigenvalue weighted by Crippen LogP contribution is -2.34. The molecule has 1 aromatic rings. The topological polar surface area (TPSA) is 120 Å². The third kappa shape index (κ3) is 5.17. The number of hydrogen-bond donors (Lipinski definition) is 2. The summed E-state index contributed by atoms with van der Waals surface area (Å²) in [7, 11) is -3.41. The Morgan fingerprint density at radius 1 is 1.41 bits per heavy atom. The Balaban J connectivity index is 0.00000242. The van der Waals surface area contributed by atoms with E-state index in [9.17, 15) is 8.42 Å². The number of nitrogens with two attached hydrogens (primary N) is 1. The Hall–Kier alpha value is -0.740. The van der Waals surface area contributed by atoms with Gasteiger partial charge in [0, 0.05) is 6.61 Å². The zero-order valence-corrected chi connectivity index (χ0v) is 14.2. The van der Waals surface area contributed by atoms with Gasteiger partial charge >= 0.3 is 0 Å². The molecule has 0 unspecified atom stereocenters. The summed E-state index contributed by atoms with van der Waals surface area (Å²) in [6, 6.07) is 0. The molecule has 0 spiro atoms. The summed E-state index contributed by atoms with van der Waals surface area (Å²) in [5.41, 5.74) is 5.68. The quantitative estimate of drug-likeness (QED) is 0.658. The van der Waals surface area contributed by atoms with Gasteiger partial charge in [0.25, 0.3) is 0 Å². The van der Waals surface area contributed by atoms with Crippen molar-refractivity contribution in [2.75, 3.05) is 19.0 Å². The SMILES string of the molecule is CCOCCS(=O)(=O)NCc1nc(C2(N)CCCC2)no1.Cl. The minimum atomic E-state index is -3.41. The molecule has 22 heavy (non-hydrogen) atoms. The van der Waals surface area contributed by atoms with Crippen molar-refractivity contribution in [2.24, 2.45) is 5.73 Å². The highest BCUT2D eigenvalue weighted by atomic mass is 35.5. The normalized spacial score (nSPS) is 17.4. The van der Waals surface area contributed by atoms with E-state index in [1.54, 1.807) is 0 Å². The number of sulfonamides is 1. The minimum Gasteiger partial charge on any atom is -0.381 e. The molecule has 3 N–H and O–H groups in total. The average Bonchev–Trinajstić information content (AvgIpc) is 3.06. The van der Waals surface area contributed by atoms with Gasteiger partial charge in [-0.2, -0.15) is 4.98 Å². The van der Waals surface area contributed by atoms with Gasteiger partial charge in [0.15, 0.2) is 5.82 Å². The van der Waals surface area contributed by atoms with Crippen LogP contribution in [0.5, 0.6) is 0 Å². The number of nitrogens with zero attached hydrogens (tertiary/aromatic N) is 2. The first-order valence-electron chi connectivity index (χ1n) is 7.12. The van der Waals surface area contributed by atoms with Crippen LogP contribution < -0.4 is 10.5 Å². The van der Waals surface area contributed by atoms with Crippen molar-refractivity contribution in [2.45, 2.75) is 44.7 Å². The molecule has 0 aromatic carbocycles. The molecule has 1 aromatic heterocycles. The van der Waals surface area contributed by atoms with E-state index in [2.05, 4.69) is 14.9 Å². The van der Waals surface area contributed by atoms with E-state index in [-0.39, 0.29) is 37.2 Å². The molecule has 0 amide bonds. The molecular weight excluding hydrogens is 332 g/mol. The van der Waals surface area contributed by atoms with E-state index in [1.807, 2.05) is 6.92 Å². The Labute approximate surface area is 136 Å². The molecular formula is C12H23ClN4O4S. The predicted molar refractivity (Wildman–Crippen MR) is 83.0 cm³/mol. The summed E-state index contributed by atoms with van der Waals surface area (Å²) < 4.78 is 35.9. The first-order chi connectivity index (χ1) is 9.95. The van der Waals surface area contributed by atoms with Crippen LogP contribution in [0.1, 0.15) is 44.3 Å². The zero-order chi connectivity index (χ0) is 15.3. The van der Waals surface area contributed by atoms with Crippen LogP contribution in [0, 0.1) is 0 Å². The number of nitrogens with one attached hydrogen (secondary N) is 1. The molecule has 0 saturated heterocycles. The summed E-state index contributed by atoms with van der Waals surface area (Å²) in [4.78, 5) is 4.20. The minimum absolute atomic E-state index is 0. The van der Waals surface area contributed by atoms with Crippen molar-refractivity contribution in [3.05, 3.63) is 11.7 Å². The molecule has 0 atom stereocenters. The summed E-state index contributed by atoms with van der Waals surface area (Å²) in [5.74, 6) is 0.591. The van der Waals surface area contributed by atoms with Crippen molar-refractivity contribution in [3.63, 3.8) is 0 Å². The van der Waals surface area contributed by atoms with Gasteiger partial charge in [0.2, 0.25) is 15.9 Å². The lowest BCUT2D eigenvalue weighted by molar-refractivity contribution is 0.163. The Morgan fingerprint density at radius 3 is 2.73 bits per heavy atom. The zero-order valence-electron chi connectivity index (χ0n) is 12.6. The number of aromatic nitrogens is 2. The summed E-state index contributed by atoms with van der Waals surface area (Å²) in [5, 5.41) is 3.88. The van der Waals surface area contributed by atoms with Gasteiger partial charge in [0.1, 0.15) is 0 Å². The maximum Gasteiger partial charge on any atom is 0.241 e. The van der Waals surface area contributed by atoms with Crippen LogP contribution in [-0.4, -0.2) is 37.5 Å². The van der Waals surface area contributed by atoms with E-state index in [1.165, 1.54) is 0 Å². The monoisotopic (exact) mass is 354 g/mol. The molecule has 10 heteroatoms. The predicted octanol–water partition coefficient (Wildman–Crippen LogP) is 0.675. The Morgan fingerprint density at radius 2 is 2.09 bits per heavy atom. The van der Waals surface area contributed by atoms with E-state index >= 15 is 0 Å². The maximum absolute atomic E-state index is 11.7. The standard InChI is InChI=1S/C12H22N4O4S.ClH/c1-2-19-7-8-21(17,18)14-9-10-15-11(16-20-10)12(13)5-3-4-6-12;/h14H,2-9,13H2,1H3;1H. The Bertz CT molecular complexity index is 557. The van der Waals surface area contributed by atoms with Gasteiger partial charge in [-0.15, -0.1) is 12.4 Å². The van der Waals surface area contributed by atoms with Gasteiger partial charge in [0.05, 0.1) is 24.4 Å². The fourth-order valence-corrected chi connectivity index (χ4v) is 3.14. The summed E-state index contributed by atoms with van der Waals surface area (Å²) in [6.07, 6.45) is 3.74. The fourth-order valence-electron chi connectivity index (χ4n) is 2.32. The highest BCUT2D eigenvalue weighted by molar-refractivity contribution is 7.89. The van der Waals surface area contributed by atoms with Crippen LogP contribution in [0.2, 0.25) is 0 Å². The maximum atomic E-state index is 11.7. The number of rotatable bonds is 8. The second-order valence-electron chi connectivity index (χ2n) is 5.21. The van der Waals surface area contributed by atoms with Crippen molar-refractivity contribution in [1.82, 2.24) is 14.9 Å². The van der Waals surface area contributed by atoms with Gasteiger partial charge in [-0.1, -0.05) is 18.0 Å². The lowest BCUT2D eigenvalue weighted by atomic mass is 9.99. The van der Waals surface area contributed by atoms with Crippen molar-refractivity contribution < 1.29 is 17.7 Å².